The van der Waals surface area contributed by atoms with Gasteiger partial charge in [-0.05, 0) is 31.6 Å². The van der Waals surface area contributed by atoms with E-state index < -0.39 is 0 Å². The fourth-order valence-electron chi connectivity index (χ4n) is 2.14. The third kappa shape index (κ3) is 4.37. The molecule has 0 atom stereocenters. The van der Waals surface area contributed by atoms with Gasteiger partial charge in [-0.1, -0.05) is 13.8 Å². The Morgan fingerprint density at radius 3 is 2.68 bits per heavy atom. The number of aryl methyl sites for hydroxylation is 1. The predicted octanol–water partition coefficient (Wildman–Crippen LogP) is 3.10. The Morgan fingerprint density at radius 1 is 1.26 bits per heavy atom. The number of aromatic nitrogens is 2. The molecule has 0 bridgehead atoms. The zero-order valence-corrected chi connectivity index (χ0v) is 12.4. The summed E-state index contributed by atoms with van der Waals surface area (Å²) in [5, 5.41) is 3.38. The lowest BCUT2D eigenvalue weighted by Crippen LogP contribution is -2.22. The van der Waals surface area contributed by atoms with Crippen LogP contribution in [0, 0.1) is 5.92 Å². The van der Waals surface area contributed by atoms with Gasteiger partial charge in [0.05, 0.1) is 0 Å². The maximum absolute atomic E-state index is 4.69. The maximum atomic E-state index is 4.69. The lowest BCUT2D eigenvalue weighted by Gasteiger charge is -2.19. The van der Waals surface area contributed by atoms with Crippen molar-refractivity contribution in [2.24, 2.45) is 5.92 Å². The summed E-state index contributed by atoms with van der Waals surface area (Å²) in [6, 6.07) is 2.08. The van der Waals surface area contributed by atoms with Gasteiger partial charge in [0, 0.05) is 32.6 Å². The van der Waals surface area contributed by atoms with Crippen LogP contribution in [0.1, 0.15) is 45.4 Å². The molecule has 1 heterocycles. The third-order valence-electron chi connectivity index (χ3n) is 3.41. The first kappa shape index (κ1) is 14.1. The van der Waals surface area contributed by atoms with Crippen LogP contribution in [0.25, 0.3) is 0 Å². The highest BCUT2D eigenvalue weighted by atomic mass is 15.2. The lowest BCUT2D eigenvalue weighted by molar-refractivity contribution is 0.761. The smallest absolute Gasteiger partial charge is 0.134 e. The molecule has 1 aliphatic rings. The Kier molecular flexibility index (Phi) is 5.00. The Labute approximate surface area is 116 Å². The van der Waals surface area contributed by atoms with Crippen LogP contribution in [0.3, 0.4) is 0 Å². The van der Waals surface area contributed by atoms with Crippen molar-refractivity contribution in [3.63, 3.8) is 0 Å². The van der Waals surface area contributed by atoms with Gasteiger partial charge in [-0.2, -0.15) is 0 Å². The van der Waals surface area contributed by atoms with Gasteiger partial charge in [-0.3, -0.25) is 0 Å². The topological polar surface area (TPSA) is 41.0 Å². The highest BCUT2D eigenvalue weighted by molar-refractivity contribution is 5.49. The molecule has 19 heavy (non-hydrogen) atoms. The molecule has 1 fully saturated rings. The summed E-state index contributed by atoms with van der Waals surface area (Å²) >= 11 is 0. The molecule has 0 radical (unpaired) electrons. The second kappa shape index (κ2) is 6.73. The number of hydrogen-bond acceptors (Lipinski definition) is 4. The maximum Gasteiger partial charge on any atom is 0.134 e. The average molecular weight is 262 g/mol. The monoisotopic (exact) mass is 262 g/mol. The first-order chi connectivity index (χ1) is 9.22. The van der Waals surface area contributed by atoms with Crippen LogP contribution in [-0.2, 0) is 6.42 Å². The minimum atomic E-state index is 0.877. The molecule has 0 aliphatic heterocycles. The molecule has 0 saturated heterocycles. The predicted molar refractivity (Wildman–Crippen MR) is 80.8 cm³/mol. The molecule has 1 aromatic rings. The van der Waals surface area contributed by atoms with Crippen LogP contribution in [0.2, 0.25) is 0 Å². The number of nitrogens with zero attached hydrogens (tertiary/aromatic N) is 3. The van der Waals surface area contributed by atoms with Gasteiger partial charge < -0.3 is 10.2 Å². The van der Waals surface area contributed by atoms with E-state index in [9.17, 15) is 0 Å². The average Bonchev–Trinajstić information content (AvgIpc) is 3.20. The molecule has 1 N–H and O–H groups in total. The van der Waals surface area contributed by atoms with E-state index in [2.05, 4.69) is 47.1 Å². The van der Waals surface area contributed by atoms with Crippen LogP contribution in [-0.4, -0.2) is 30.1 Å². The summed E-state index contributed by atoms with van der Waals surface area (Å²) in [6.07, 6.45) is 5.89. The largest absolute Gasteiger partial charge is 0.370 e. The molecule has 1 aromatic heterocycles. The molecule has 0 spiro atoms. The second-order valence-electron chi connectivity index (χ2n) is 5.53. The third-order valence-corrected chi connectivity index (χ3v) is 3.41. The van der Waals surface area contributed by atoms with Gasteiger partial charge >= 0.3 is 0 Å². The Bertz CT molecular complexity index is 401. The van der Waals surface area contributed by atoms with Crippen molar-refractivity contribution < 1.29 is 0 Å². The van der Waals surface area contributed by atoms with Crippen molar-refractivity contribution in [2.75, 3.05) is 30.4 Å². The van der Waals surface area contributed by atoms with Crippen LogP contribution in [0.15, 0.2) is 6.07 Å². The van der Waals surface area contributed by atoms with Gasteiger partial charge in [0.25, 0.3) is 0 Å². The summed E-state index contributed by atoms with van der Waals surface area (Å²) < 4.78 is 0. The summed E-state index contributed by atoms with van der Waals surface area (Å²) in [6.45, 7) is 6.43. The molecule has 0 unspecified atom stereocenters. The summed E-state index contributed by atoms with van der Waals surface area (Å²) in [5.74, 6) is 3.87. The van der Waals surface area contributed by atoms with Crippen molar-refractivity contribution in [3.05, 3.63) is 11.9 Å². The van der Waals surface area contributed by atoms with Crippen LogP contribution < -0.4 is 10.2 Å². The number of anilines is 2. The number of nitrogens with one attached hydrogen (secondary N) is 1. The number of hydrogen-bond donors (Lipinski definition) is 1. The fourth-order valence-corrected chi connectivity index (χ4v) is 2.14. The SMILES string of the molecule is CCCNc1cc(N(C)CC2CC2)nc(CCC)n1. The Balaban J connectivity index is 2.11. The molecule has 0 amide bonds. The zero-order valence-electron chi connectivity index (χ0n) is 12.4. The lowest BCUT2D eigenvalue weighted by atomic mass is 10.3. The Hall–Kier alpha value is -1.32. The minimum absolute atomic E-state index is 0.877. The highest BCUT2D eigenvalue weighted by Gasteiger charge is 2.23. The van der Waals surface area contributed by atoms with Crippen molar-refractivity contribution in [1.29, 1.82) is 0 Å². The van der Waals surface area contributed by atoms with E-state index >= 15 is 0 Å². The first-order valence-corrected chi connectivity index (χ1v) is 7.55. The standard InChI is InChI=1S/C15H26N4/c1-4-6-13-17-14(16-9-5-2)10-15(18-13)19(3)11-12-7-8-12/h10,12H,4-9,11H2,1-3H3,(H,16,17,18). The van der Waals surface area contributed by atoms with Crippen LogP contribution in [0.4, 0.5) is 11.6 Å². The number of rotatable bonds is 8. The second-order valence-corrected chi connectivity index (χ2v) is 5.53. The minimum Gasteiger partial charge on any atom is -0.370 e. The van der Waals surface area contributed by atoms with E-state index in [-0.39, 0.29) is 0 Å². The molecule has 2 rings (SSSR count). The van der Waals surface area contributed by atoms with E-state index in [1.165, 1.54) is 12.8 Å². The molecule has 0 aromatic carbocycles. The zero-order chi connectivity index (χ0) is 13.7. The van der Waals surface area contributed by atoms with E-state index in [0.717, 1.165) is 55.7 Å². The van der Waals surface area contributed by atoms with E-state index in [1.54, 1.807) is 0 Å². The molecule has 4 nitrogen and oxygen atoms in total. The summed E-state index contributed by atoms with van der Waals surface area (Å²) in [7, 11) is 2.14. The van der Waals surface area contributed by atoms with E-state index in [1.807, 2.05) is 0 Å². The molecular formula is C15H26N4. The first-order valence-electron chi connectivity index (χ1n) is 7.55. The molecular weight excluding hydrogens is 236 g/mol. The van der Waals surface area contributed by atoms with Crippen molar-refractivity contribution in [3.8, 4) is 0 Å². The van der Waals surface area contributed by atoms with Crippen molar-refractivity contribution in [2.45, 2.75) is 46.0 Å². The summed E-state index contributed by atoms with van der Waals surface area (Å²) in [4.78, 5) is 11.5. The Morgan fingerprint density at radius 2 is 2.05 bits per heavy atom. The van der Waals surface area contributed by atoms with E-state index in [0.29, 0.717) is 0 Å². The van der Waals surface area contributed by atoms with Crippen molar-refractivity contribution in [1.82, 2.24) is 9.97 Å². The van der Waals surface area contributed by atoms with Gasteiger partial charge in [0.15, 0.2) is 0 Å². The van der Waals surface area contributed by atoms with Gasteiger partial charge in [0.2, 0.25) is 0 Å². The normalized spacial score (nSPS) is 14.5. The van der Waals surface area contributed by atoms with Gasteiger partial charge in [-0.15, -0.1) is 0 Å². The van der Waals surface area contributed by atoms with Crippen LogP contribution in [0.5, 0.6) is 0 Å². The van der Waals surface area contributed by atoms with Gasteiger partial charge in [-0.25, -0.2) is 9.97 Å². The molecule has 4 heteroatoms. The highest BCUT2D eigenvalue weighted by Crippen LogP contribution is 2.30. The molecule has 106 valence electrons. The quantitative estimate of drug-likeness (QED) is 0.781. The van der Waals surface area contributed by atoms with Gasteiger partial charge in [0.1, 0.15) is 17.5 Å². The molecule has 1 saturated carbocycles. The fraction of sp³-hybridized carbons (Fsp3) is 0.733. The van der Waals surface area contributed by atoms with Crippen molar-refractivity contribution >= 4 is 11.6 Å². The summed E-state index contributed by atoms with van der Waals surface area (Å²) in [5.41, 5.74) is 0. The van der Waals surface area contributed by atoms with Crippen LogP contribution >= 0.6 is 0 Å². The van der Waals surface area contributed by atoms with E-state index in [4.69, 9.17) is 0 Å². The molecule has 1 aliphatic carbocycles.